The Morgan fingerprint density at radius 2 is 1.76 bits per heavy atom. The van der Waals surface area contributed by atoms with Gasteiger partial charge in [-0.1, -0.05) is 12.1 Å². The first-order valence-corrected chi connectivity index (χ1v) is 16.2. The van der Waals surface area contributed by atoms with Gasteiger partial charge in [-0.15, -0.1) is 0 Å². The molecule has 1 fully saturated rings. The molecule has 42 heavy (non-hydrogen) atoms. The fraction of sp³-hybridized carbons (Fsp3) is 0.350. The third-order valence-corrected chi connectivity index (χ3v) is 9.66. The number of aromatic nitrogens is 2. The van der Waals surface area contributed by atoms with Crippen LogP contribution >= 0.6 is 23.5 Å². The molecule has 0 aliphatic carbocycles. The van der Waals surface area contributed by atoms with Gasteiger partial charge < -0.3 is 44.5 Å². The zero-order chi connectivity index (χ0) is 30.9. The third kappa shape index (κ3) is 8.06. The summed E-state index contributed by atoms with van der Waals surface area (Å²) in [6.07, 6.45) is -0.493. The number of nitrogens with zero attached hydrogens (tertiary/aromatic N) is 3. The lowest BCUT2D eigenvalue weighted by atomic mass is 10.2. The highest BCUT2D eigenvalue weighted by Gasteiger charge is 2.43. The van der Waals surface area contributed by atoms with Crippen molar-refractivity contribution in [2.45, 2.75) is 38.1 Å². The van der Waals surface area contributed by atoms with Gasteiger partial charge >= 0.3 is 23.5 Å². The number of ether oxygens (including phenoxy) is 2. The molecular weight excluding hydrogens is 629 g/mol. The van der Waals surface area contributed by atoms with E-state index in [1.807, 2.05) is 0 Å². The van der Waals surface area contributed by atoms with Crippen molar-refractivity contribution in [2.24, 2.45) is 0 Å². The highest BCUT2D eigenvalue weighted by Crippen LogP contribution is 2.66. The van der Waals surface area contributed by atoms with E-state index in [4.69, 9.17) is 25.0 Å². The van der Waals surface area contributed by atoms with Crippen molar-refractivity contribution >= 4 is 45.9 Å². The second-order valence-corrected chi connectivity index (χ2v) is 13.3. The van der Waals surface area contributed by atoms with Crippen molar-refractivity contribution < 1.29 is 65.9 Å². The number of rotatable bonds is 13. The Morgan fingerprint density at radius 3 is 2.45 bits per heavy atom. The Labute approximate surface area is 236 Å². The van der Waals surface area contributed by atoms with Gasteiger partial charge in [0.1, 0.15) is 18.0 Å². The number of nitrogens with two attached hydrogens (primary N) is 1. The second-order valence-electron chi connectivity index (χ2n) is 8.86. The van der Waals surface area contributed by atoms with E-state index in [9.17, 15) is 38.7 Å². The number of aliphatic hydroxyl groups excluding tert-OH is 1. The minimum atomic E-state index is -5.71. The normalized spacial score (nSPS) is 22.2. The fourth-order valence-corrected chi connectivity index (χ4v) is 7.23. The maximum absolute atomic E-state index is 12.0. The molecule has 230 valence electrons. The SMILES string of the molecule is Nc1ccnc2c1c(COCc1ccccc1[N+](=O)[O-])cn2[C@H]1C[C@@H](O)[C@@H](COP(=O)(O)OP(=O)(O)OP(=O)(O)O)O1. The van der Waals surface area contributed by atoms with Crippen molar-refractivity contribution in [1.29, 1.82) is 0 Å². The highest BCUT2D eigenvalue weighted by atomic mass is 31.3. The maximum Gasteiger partial charge on any atom is 0.490 e. The summed E-state index contributed by atoms with van der Waals surface area (Å²) < 4.78 is 59.2. The molecule has 2 aromatic heterocycles. The van der Waals surface area contributed by atoms with Gasteiger partial charge in [0, 0.05) is 41.5 Å². The van der Waals surface area contributed by atoms with Gasteiger partial charge in [-0.3, -0.25) is 14.6 Å². The number of pyridine rings is 1. The molecule has 3 aromatic rings. The molecule has 1 saturated heterocycles. The van der Waals surface area contributed by atoms with Crippen LogP contribution in [0, 0.1) is 10.1 Å². The van der Waals surface area contributed by atoms with Crippen LogP contribution in [0.3, 0.4) is 0 Å². The molecule has 7 N–H and O–H groups in total. The number of benzene rings is 1. The van der Waals surface area contributed by atoms with Crippen LogP contribution in [0.1, 0.15) is 23.8 Å². The van der Waals surface area contributed by atoms with Crippen molar-refractivity contribution in [1.82, 2.24) is 9.55 Å². The van der Waals surface area contributed by atoms with Crippen molar-refractivity contribution in [3.05, 3.63) is 64.0 Å². The first-order valence-electron chi connectivity index (χ1n) is 11.7. The van der Waals surface area contributed by atoms with Gasteiger partial charge in [0.2, 0.25) is 0 Å². The molecule has 1 aliphatic heterocycles. The summed E-state index contributed by atoms with van der Waals surface area (Å²) in [6, 6.07) is 7.65. The third-order valence-electron chi connectivity index (χ3n) is 5.86. The van der Waals surface area contributed by atoms with E-state index in [2.05, 4.69) is 18.1 Å². The molecule has 1 aromatic carbocycles. The van der Waals surface area contributed by atoms with E-state index >= 15 is 0 Å². The van der Waals surface area contributed by atoms with E-state index in [0.717, 1.165) is 0 Å². The standard InChI is InChI=1S/C20H25N4O15P3/c21-14-5-6-22-20-19(14)13(10-35-9-12-3-1-2-4-15(12)24(26)27)8-23(20)18-7-16(25)17(37-18)11-36-41(31,32)39-42(33,34)38-40(28,29)30/h1-6,8,16-18,25H,7,9-11H2,(H2,21,22)(H,31,32)(H,33,34)(H2,28,29,30)/t16-,17-,18-/m1/s1. The highest BCUT2D eigenvalue weighted by molar-refractivity contribution is 7.66. The largest absolute Gasteiger partial charge is 0.490 e. The number of nitro groups is 1. The monoisotopic (exact) mass is 654 g/mol. The average molecular weight is 654 g/mol. The summed E-state index contributed by atoms with van der Waals surface area (Å²) in [5.41, 5.74) is 7.65. The fourth-order valence-electron chi connectivity index (χ4n) is 4.20. The molecule has 22 heteroatoms. The van der Waals surface area contributed by atoms with Crippen molar-refractivity contribution in [3.63, 3.8) is 0 Å². The van der Waals surface area contributed by atoms with E-state index in [1.165, 1.54) is 22.9 Å². The van der Waals surface area contributed by atoms with Crippen molar-refractivity contribution in [3.8, 4) is 0 Å². The van der Waals surface area contributed by atoms with Gasteiger partial charge in [0.15, 0.2) is 0 Å². The van der Waals surface area contributed by atoms with Crippen LogP contribution in [0.5, 0.6) is 0 Å². The number of nitrogen functional groups attached to an aromatic ring is 1. The number of phosphoric acid groups is 3. The molecule has 0 bridgehead atoms. The number of nitro benzene ring substituents is 1. The Morgan fingerprint density at radius 1 is 1.07 bits per heavy atom. The number of aliphatic hydroxyl groups is 1. The van der Waals surface area contributed by atoms with Crippen LogP contribution in [0.4, 0.5) is 11.4 Å². The molecular formula is C20H25N4O15P3. The Bertz CT molecular complexity index is 1610. The van der Waals surface area contributed by atoms with Crippen LogP contribution in [-0.4, -0.2) is 58.0 Å². The molecule has 5 atom stereocenters. The van der Waals surface area contributed by atoms with Gasteiger partial charge in [0.05, 0.1) is 36.4 Å². The lowest BCUT2D eigenvalue weighted by molar-refractivity contribution is -0.386. The molecule has 2 unspecified atom stereocenters. The van der Waals surface area contributed by atoms with Gasteiger partial charge in [-0.05, 0) is 12.1 Å². The molecule has 1 aliphatic rings. The zero-order valence-electron chi connectivity index (χ0n) is 21.2. The smallest absolute Gasteiger partial charge is 0.398 e. The predicted octanol–water partition coefficient (Wildman–Crippen LogP) is 2.24. The number of phosphoric ester groups is 1. The molecule has 0 amide bonds. The summed E-state index contributed by atoms with van der Waals surface area (Å²) in [7, 11) is -16.7. The predicted molar refractivity (Wildman–Crippen MR) is 140 cm³/mol. The summed E-state index contributed by atoms with van der Waals surface area (Å²) in [5, 5.41) is 22.3. The number of fused-ring (bicyclic) bond motifs is 1. The summed E-state index contributed by atoms with van der Waals surface area (Å²) >= 11 is 0. The Hall–Kier alpha value is -2.60. The van der Waals surface area contributed by atoms with E-state index < -0.39 is 53.4 Å². The molecule has 4 rings (SSSR count). The topological polar surface area (TPSA) is 285 Å². The molecule has 0 spiro atoms. The van der Waals surface area contributed by atoms with E-state index in [-0.39, 0.29) is 25.3 Å². The molecule has 0 saturated carbocycles. The average Bonchev–Trinajstić information content (AvgIpc) is 3.41. The first-order chi connectivity index (χ1) is 19.6. The van der Waals surface area contributed by atoms with Crippen LogP contribution in [0.2, 0.25) is 0 Å². The lowest BCUT2D eigenvalue weighted by Crippen LogP contribution is -2.26. The minimum absolute atomic E-state index is 0.0316. The van der Waals surface area contributed by atoms with Crippen LogP contribution in [-0.2, 0) is 49.5 Å². The van der Waals surface area contributed by atoms with Crippen LogP contribution in [0.15, 0.2) is 42.7 Å². The van der Waals surface area contributed by atoms with Gasteiger partial charge in [-0.2, -0.15) is 8.62 Å². The first kappa shape index (κ1) is 32.3. The number of hydrogen-bond acceptors (Lipinski definition) is 13. The summed E-state index contributed by atoms with van der Waals surface area (Å²) in [6.45, 7) is -0.955. The number of para-hydroxylation sites is 1. The van der Waals surface area contributed by atoms with Crippen molar-refractivity contribution in [2.75, 3.05) is 12.3 Å². The quantitative estimate of drug-likeness (QED) is 0.0875. The van der Waals surface area contributed by atoms with E-state index in [1.54, 1.807) is 24.4 Å². The zero-order valence-corrected chi connectivity index (χ0v) is 23.9. The Kier molecular flexibility index (Phi) is 9.66. The molecule has 0 radical (unpaired) electrons. The summed E-state index contributed by atoms with van der Waals surface area (Å²) in [4.78, 5) is 51.3. The molecule has 19 nitrogen and oxygen atoms in total. The van der Waals surface area contributed by atoms with Gasteiger partial charge in [-0.25, -0.2) is 18.7 Å². The Balaban J connectivity index is 1.46. The van der Waals surface area contributed by atoms with Gasteiger partial charge in [0.25, 0.3) is 5.69 Å². The minimum Gasteiger partial charge on any atom is -0.398 e. The summed E-state index contributed by atoms with van der Waals surface area (Å²) in [5.74, 6) is 0. The lowest BCUT2D eigenvalue weighted by Gasteiger charge is -2.19. The number of anilines is 1. The second kappa shape index (κ2) is 12.6. The molecule has 3 heterocycles. The maximum atomic E-state index is 12.0. The van der Waals surface area contributed by atoms with Crippen LogP contribution in [0.25, 0.3) is 11.0 Å². The number of hydrogen-bond donors (Lipinski definition) is 6. The van der Waals surface area contributed by atoms with Crippen LogP contribution < -0.4 is 5.73 Å². The van der Waals surface area contributed by atoms with E-state index in [0.29, 0.717) is 27.8 Å².